The quantitative estimate of drug-likeness (QED) is 0.753. The number of hydrogen-bond acceptors (Lipinski definition) is 3. The molecule has 0 aliphatic rings. The van der Waals surface area contributed by atoms with E-state index in [0.29, 0.717) is 22.7 Å². The molecule has 126 valence electrons. The van der Waals surface area contributed by atoms with Gasteiger partial charge in [0.1, 0.15) is 24.0 Å². The first kappa shape index (κ1) is 16.6. The van der Waals surface area contributed by atoms with Gasteiger partial charge in [0.15, 0.2) is 0 Å². The second kappa shape index (κ2) is 7.57. The minimum absolute atomic E-state index is 0.0413. The number of nitrogens with zero attached hydrogens (tertiary/aromatic N) is 1. The molecule has 1 amide bonds. The summed E-state index contributed by atoms with van der Waals surface area (Å²) in [5.74, 6) is 0.181. The molecule has 0 unspecified atom stereocenters. The molecule has 0 fully saturated rings. The predicted molar refractivity (Wildman–Crippen MR) is 94.1 cm³/mol. The van der Waals surface area contributed by atoms with Gasteiger partial charge in [0.05, 0.1) is 5.56 Å². The number of carbonyl (C=O) groups is 1. The molecule has 0 aliphatic heterocycles. The number of aromatic nitrogens is 1. The molecule has 1 N–H and O–H groups in total. The van der Waals surface area contributed by atoms with Gasteiger partial charge in [0.2, 0.25) is 0 Å². The van der Waals surface area contributed by atoms with E-state index in [0.717, 1.165) is 5.69 Å². The van der Waals surface area contributed by atoms with Crippen LogP contribution in [0.3, 0.4) is 0 Å². The maximum Gasteiger partial charge on any atom is 0.260 e. The van der Waals surface area contributed by atoms with Crippen LogP contribution in [0.2, 0.25) is 0 Å². The van der Waals surface area contributed by atoms with Gasteiger partial charge in [0.25, 0.3) is 5.91 Å². The Morgan fingerprint density at radius 1 is 1.04 bits per heavy atom. The smallest absolute Gasteiger partial charge is 0.260 e. The van der Waals surface area contributed by atoms with Gasteiger partial charge in [-0.1, -0.05) is 36.4 Å². The molecular formula is C20H17FN2O2. The third-order valence-corrected chi connectivity index (χ3v) is 3.60. The first-order chi connectivity index (χ1) is 12.1. The number of aryl methyl sites for hydroxylation is 1. The van der Waals surface area contributed by atoms with Gasteiger partial charge >= 0.3 is 0 Å². The molecule has 0 spiro atoms. The highest BCUT2D eigenvalue weighted by Gasteiger charge is 2.13. The molecule has 5 heteroatoms. The van der Waals surface area contributed by atoms with E-state index in [2.05, 4.69) is 10.3 Å². The van der Waals surface area contributed by atoms with E-state index in [1.54, 1.807) is 48.5 Å². The van der Waals surface area contributed by atoms with Crippen molar-refractivity contribution < 1.29 is 13.9 Å². The lowest BCUT2D eigenvalue weighted by Gasteiger charge is -2.12. The molecule has 3 aromatic rings. The van der Waals surface area contributed by atoms with Crippen molar-refractivity contribution in [3.8, 4) is 5.75 Å². The second-order valence-corrected chi connectivity index (χ2v) is 5.49. The first-order valence-corrected chi connectivity index (χ1v) is 7.84. The predicted octanol–water partition coefficient (Wildman–Crippen LogP) is 4.36. The lowest BCUT2D eigenvalue weighted by molar-refractivity contribution is 0.102. The lowest BCUT2D eigenvalue weighted by atomic mass is 10.2. The Hall–Kier alpha value is -3.21. The number of rotatable bonds is 5. The number of benzene rings is 2. The fourth-order valence-electron chi connectivity index (χ4n) is 2.35. The van der Waals surface area contributed by atoms with Crippen LogP contribution in [0.1, 0.15) is 21.6 Å². The summed E-state index contributed by atoms with van der Waals surface area (Å²) in [5, 5.41) is 2.74. The van der Waals surface area contributed by atoms with Crippen molar-refractivity contribution >= 4 is 11.7 Å². The average Bonchev–Trinajstić information content (AvgIpc) is 2.61. The molecule has 0 atom stereocenters. The fourth-order valence-corrected chi connectivity index (χ4v) is 2.35. The Kier molecular flexibility index (Phi) is 5.04. The van der Waals surface area contributed by atoms with E-state index in [4.69, 9.17) is 4.74 Å². The van der Waals surface area contributed by atoms with Crippen molar-refractivity contribution in [3.63, 3.8) is 0 Å². The van der Waals surface area contributed by atoms with Crippen LogP contribution >= 0.6 is 0 Å². The van der Waals surface area contributed by atoms with Crippen LogP contribution in [-0.4, -0.2) is 10.9 Å². The Morgan fingerprint density at radius 3 is 2.60 bits per heavy atom. The molecule has 2 aromatic carbocycles. The molecule has 25 heavy (non-hydrogen) atoms. The van der Waals surface area contributed by atoms with Gasteiger partial charge in [-0.25, -0.2) is 9.37 Å². The van der Waals surface area contributed by atoms with Crippen molar-refractivity contribution in [2.75, 3.05) is 5.32 Å². The van der Waals surface area contributed by atoms with Crippen LogP contribution in [0, 0.1) is 12.7 Å². The molecule has 1 heterocycles. The van der Waals surface area contributed by atoms with Crippen molar-refractivity contribution in [1.29, 1.82) is 0 Å². The van der Waals surface area contributed by atoms with E-state index < -0.39 is 0 Å². The molecule has 0 aliphatic carbocycles. The van der Waals surface area contributed by atoms with Crippen LogP contribution in [0.25, 0.3) is 0 Å². The Bertz CT molecular complexity index is 896. The monoisotopic (exact) mass is 336 g/mol. The van der Waals surface area contributed by atoms with E-state index in [9.17, 15) is 9.18 Å². The molecule has 0 bridgehead atoms. The normalized spacial score (nSPS) is 10.3. The Morgan fingerprint density at radius 2 is 1.80 bits per heavy atom. The van der Waals surface area contributed by atoms with Crippen molar-refractivity contribution in [3.05, 3.63) is 89.4 Å². The standard InChI is InChI=1S/C20H17FN2O2/c1-14-7-6-12-19(22-14)23-20(24)16-9-3-5-11-18(16)25-13-15-8-2-4-10-17(15)21/h2-12H,13H2,1H3,(H,22,23,24). The van der Waals surface area contributed by atoms with Crippen molar-refractivity contribution in [1.82, 2.24) is 4.98 Å². The van der Waals surface area contributed by atoms with Crippen molar-refractivity contribution in [2.45, 2.75) is 13.5 Å². The summed E-state index contributed by atoms with van der Waals surface area (Å²) in [6.45, 7) is 1.89. The summed E-state index contributed by atoms with van der Waals surface area (Å²) in [6.07, 6.45) is 0. The molecule has 0 radical (unpaired) electrons. The van der Waals surface area contributed by atoms with E-state index in [1.807, 2.05) is 19.1 Å². The topological polar surface area (TPSA) is 51.2 Å². The van der Waals surface area contributed by atoms with Crippen LogP contribution in [0.15, 0.2) is 66.7 Å². The highest BCUT2D eigenvalue weighted by atomic mass is 19.1. The van der Waals surface area contributed by atoms with Crippen LogP contribution in [0.5, 0.6) is 5.75 Å². The number of carbonyl (C=O) groups excluding carboxylic acids is 1. The average molecular weight is 336 g/mol. The van der Waals surface area contributed by atoms with E-state index in [-0.39, 0.29) is 18.3 Å². The summed E-state index contributed by atoms with van der Waals surface area (Å²) in [4.78, 5) is 16.8. The summed E-state index contributed by atoms with van der Waals surface area (Å²) >= 11 is 0. The summed E-state index contributed by atoms with van der Waals surface area (Å²) in [6, 6.07) is 18.6. The van der Waals surface area contributed by atoms with Gasteiger partial charge < -0.3 is 10.1 Å². The van der Waals surface area contributed by atoms with Gasteiger partial charge in [-0.05, 0) is 37.3 Å². The highest BCUT2D eigenvalue weighted by Crippen LogP contribution is 2.21. The molecule has 4 nitrogen and oxygen atoms in total. The van der Waals surface area contributed by atoms with E-state index >= 15 is 0 Å². The number of amides is 1. The van der Waals surface area contributed by atoms with Gasteiger partial charge in [-0.3, -0.25) is 4.79 Å². The maximum absolute atomic E-state index is 13.7. The Labute approximate surface area is 145 Å². The van der Waals surface area contributed by atoms with Gasteiger partial charge in [-0.2, -0.15) is 0 Å². The fraction of sp³-hybridized carbons (Fsp3) is 0.100. The molecule has 0 saturated carbocycles. The molecule has 0 saturated heterocycles. The maximum atomic E-state index is 13.7. The second-order valence-electron chi connectivity index (χ2n) is 5.49. The number of halogens is 1. The summed E-state index contributed by atoms with van der Waals surface area (Å²) in [5.41, 5.74) is 1.60. The third-order valence-electron chi connectivity index (χ3n) is 3.60. The molecule has 1 aromatic heterocycles. The summed E-state index contributed by atoms with van der Waals surface area (Å²) < 4.78 is 19.4. The van der Waals surface area contributed by atoms with Gasteiger partial charge in [0, 0.05) is 11.3 Å². The number of hydrogen-bond donors (Lipinski definition) is 1. The minimum Gasteiger partial charge on any atom is -0.488 e. The lowest BCUT2D eigenvalue weighted by Crippen LogP contribution is -2.14. The minimum atomic E-state index is -0.339. The Balaban J connectivity index is 1.76. The largest absolute Gasteiger partial charge is 0.488 e. The number of nitrogens with one attached hydrogen (secondary N) is 1. The molecule has 3 rings (SSSR count). The zero-order chi connectivity index (χ0) is 17.6. The SMILES string of the molecule is Cc1cccc(NC(=O)c2ccccc2OCc2ccccc2F)n1. The van der Waals surface area contributed by atoms with Crippen LogP contribution in [-0.2, 0) is 6.61 Å². The zero-order valence-corrected chi connectivity index (χ0v) is 13.7. The van der Waals surface area contributed by atoms with Crippen molar-refractivity contribution in [2.24, 2.45) is 0 Å². The van der Waals surface area contributed by atoms with Crippen LogP contribution in [0.4, 0.5) is 10.2 Å². The first-order valence-electron chi connectivity index (χ1n) is 7.84. The summed E-state index contributed by atoms with van der Waals surface area (Å²) in [7, 11) is 0. The number of ether oxygens (including phenoxy) is 1. The van der Waals surface area contributed by atoms with Crippen LogP contribution < -0.4 is 10.1 Å². The highest BCUT2D eigenvalue weighted by molar-refractivity contribution is 6.05. The molecular weight excluding hydrogens is 319 g/mol. The number of anilines is 1. The number of para-hydroxylation sites is 1. The zero-order valence-electron chi connectivity index (χ0n) is 13.7. The van der Waals surface area contributed by atoms with E-state index in [1.165, 1.54) is 6.07 Å². The number of pyridine rings is 1. The van der Waals surface area contributed by atoms with Gasteiger partial charge in [-0.15, -0.1) is 0 Å². The third kappa shape index (κ3) is 4.20.